The lowest BCUT2D eigenvalue weighted by Gasteiger charge is -2.33. The number of piperazine rings is 1. The minimum absolute atomic E-state index is 0.101. The van der Waals surface area contributed by atoms with E-state index in [0.29, 0.717) is 18.5 Å². The number of carbonyl (C=O) groups is 6. The van der Waals surface area contributed by atoms with Crippen LogP contribution in [0.15, 0.2) is 71.3 Å². The fourth-order valence-electron chi connectivity index (χ4n) is 7.94. The van der Waals surface area contributed by atoms with E-state index in [-0.39, 0.29) is 62.9 Å². The van der Waals surface area contributed by atoms with Crippen molar-refractivity contribution in [2.24, 2.45) is 5.92 Å². The molecular weight excluding hydrogens is 783 g/mol. The molecule has 4 N–H and O–H groups in total. The van der Waals surface area contributed by atoms with Crippen molar-refractivity contribution in [3.63, 3.8) is 0 Å². The molecule has 3 aliphatic heterocycles. The van der Waals surface area contributed by atoms with Crippen molar-refractivity contribution in [2.45, 2.75) is 109 Å². The van der Waals surface area contributed by atoms with E-state index in [1.807, 2.05) is 86.3 Å². The fourth-order valence-corrected chi connectivity index (χ4v) is 7.94. The zero-order valence-electron chi connectivity index (χ0n) is 35.5. The zero-order chi connectivity index (χ0) is 43.5. The Balaban J connectivity index is 1.11. The third-order valence-corrected chi connectivity index (χ3v) is 11.4. The minimum Gasteiger partial charge on any atom is -0.456 e. The van der Waals surface area contributed by atoms with Gasteiger partial charge in [0.2, 0.25) is 23.6 Å². The first-order valence-corrected chi connectivity index (χ1v) is 21.3. The summed E-state index contributed by atoms with van der Waals surface area (Å²) in [5, 5.41) is 15.9. The number of benzene rings is 2. The average Bonchev–Trinajstić information content (AvgIpc) is 3.74. The van der Waals surface area contributed by atoms with Crippen molar-refractivity contribution in [3.05, 3.63) is 89.3 Å². The Morgan fingerprint density at radius 3 is 2.28 bits per heavy atom. The van der Waals surface area contributed by atoms with E-state index in [9.17, 15) is 28.8 Å². The lowest BCUT2D eigenvalue weighted by molar-refractivity contribution is -0.147. The lowest BCUT2D eigenvalue weighted by Crippen LogP contribution is -2.57. The summed E-state index contributed by atoms with van der Waals surface area (Å²) >= 11 is 0. The summed E-state index contributed by atoms with van der Waals surface area (Å²) in [4.78, 5) is 85.4. The number of ether oxygens (including phenoxy) is 2. The van der Waals surface area contributed by atoms with Crippen LogP contribution in [0.25, 0.3) is 0 Å². The topological polar surface area (TPSA) is 205 Å². The maximum Gasteiger partial charge on any atom is 0.320 e. The van der Waals surface area contributed by atoms with Gasteiger partial charge in [0.25, 0.3) is 0 Å². The smallest absolute Gasteiger partial charge is 0.320 e. The molecule has 16 heteroatoms. The number of hydrogen-bond donors (Lipinski definition) is 4. The number of esters is 1. The van der Waals surface area contributed by atoms with E-state index in [4.69, 9.17) is 14.0 Å². The molecule has 4 amide bonds. The Kier molecular flexibility index (Phi) is 15.4. The molecule has 3 aromatic rings. The predicted octanol–water partition coefficient (Wildman–Crippen LogP) is 1.89. The molecule has 2 unspecified atom stereocenters. The number of ketones is 1. The van der Waals surface area contributed by atoms with Crippen LogP contribution in [0.4, 0.5) is 0 Å². The molecule has 3 saturated heterocycles. The first-order chi connectivity index (χ1) is 29.3. The molecule has 4 heterocycles. The van der Waals surface area contributed by atoms with Gasteiger partial charge in [0, 0.05) is 44.7 Å². The molecule has 6 rings (SSSR count). The Morgan fingerprint density at radius 2 is 1.62 bits per heavy atom. The normalized spacial score (nSPS) is 21.7. The number of hydrogen-bond acceptors (Lipinski definition) is 12. The maximum atomic E-state index is 14.3. The number of epoxide rings is 1. The summed E-state index contributed by atoms with van der Waals surface area (Å²) in [5.74, 6) is -2.14. The lowest BCUT2D eigenvalue weighted by atomic mass is 9.92. The van der Waals surface area contributed by atoms with Crippen LogP contribution < -0.4 is 21.3 Å². The van der Waals surface area contributed by atoms with Crippen molar-refractivity contribution in [2.75, 3.05) is 39.3 Å². The van der Waals surface area contributed by atoms with Crippen LogP contribution in [-0.4, -0.2) is 125 Å². The van der Waals surface area contributed by atoms with Crippen LogP contribution in [0.1, 0.15) is 69.5 Å². The summed E-state index contributed by atoms with van der Waals surface area (Å²) in [6.07, 6.45) is 1.32. The van der Waals surface area contributed by atoms with E-state index >= 15 is 0 Å². The minimum atomic E-state index is -1.01. The number of aromatic nitrogens is 1. The standard InChI is InChI=1S/C45H59N7O9/c1-29(2)21-36(41(55)45(4)28-60-45)48-43(57)38(23-32-13-9-6-10-14-32)52-30(3)22-37(44(52)58)49-42(56)35(16-15-31-11-7-5-8-12-31)47-39(53)25-33-24-34(61-50-33)27-59-40(54)26-51-19-17-46-18-20-51/h5-14,24,29-30,35-38,46H,15-23,25-28H2,1-4H3,(H,47,53)(H,48,57)(H,49,56)/t30?,35-,36-,37-,38-,45?/m0/s1. The summed E-state index contributed by atoms with van der Waals surface area (Å²) in [6, 6.07) is 16.2. The average molecular weight is 842 g/mol. The van der Waals surface area contributed by atoms with Crippen molar-refractivity contribution in [1.82, 2.24) is 36.2 Å². The Bertz CT molecular complexity index is 1980. The van der Waals surface area contributed by atoms with E-state index < -0.39 is 65.4 Å². The highest BCUT2D eigenvalue weighted by atomic mass is 16.6. The SMILES string of the molecule is CC(C)C[C@H](NC(=O)[C@H](Cc1ccccc1)N1C(=O)[C@@H](NC(=O)[C@H](CCc2ccccc2)NC(=O)Cc2cc(COC(=O)CN3CCNCC3)on2)CC1C)C(=O)C1(C)CO1. The van der Waals surface area contributed by atoms with E-state index in [1.165, 1.54) is 11.0 Å². The molecule has 3 aliphatic rings. The molecule has 0 saturated carbocycles. The van der Waals surface area contributed by atoms with Crippen LogP contribution in [0.5, 0.6) is 0 Å². The molecule has 328 valence electrons. The number of likely N-dealkylation sites (tertiary alicyclic amines) is 1. The number of nitrogens with one attached hydrogen (secondary N) is 4. The monoisotopic (exact) mass is 841 g/mol. The molecule has 6 atom stereocenters. The van der Waals surface area contributed by atoms with Crippen LogP contribution in [0.3, 0.4) is 0 Å². The molecule has 3 fully saturated rings. The van der Waals surface area contributed by atoms with Crippen LogP contribution in [0, 0.1) is 5.92 Å². The summed E-state index contributed by atoms with van der Waals surface area (Å²) < 4.78 is 16.1. The first-order valence-electron chi connectivity index (χ1n) is 21.3. The molecule has 0 aliphatic carbocycles. The second kappa shape index (κ2) is 20.9. The molecule has 0 radical (unpaired) electrons. The molecule has 61 heavy (non-hydrogen) atoms. The van der Waals surface area contributed by atoms with Gasteiger partial charge in [0.1, 0.15) is 23.7 Å². The van der Waals surface area contributed by atoms with E-state index in [2.05, 4.69) is 26.4 Å². The summed E-state index contributed by atoms with van der Waals surface area (Å²) in [6.45, 7) is 10.9. The predicted molar refractivity (Wildman–Crippen MR) is 224 cm³/mol. The van der Waals surface area contributed by atoms with E-state index in [0.717, 1.165) is 37.3 Å². The highest BCUT2D eigenvalue weighted by molar-refractivity contribution is 5.99. The van der Waals surface area contributed by atoms with E-state index in [1.54, 1.807) is 6.92 Å². The summed E-state index contributed by atoms with van der Waals surface area (Å²) in [7, 11) is 0. The molecule has 16 nitrogen and oxygen atoms in total. The van der Waals surface area contributed by atoms with Crippen LogP contribution in [0.2, 0.25) is 0 Å². The number of rotatable bonds is 21. The van der Waals surface area contributed by atoms with Gasteiger partial charge in [-0.15, -0.1) is 0 Å². The number of amides is 4. The van der Waals surface area contributed by atoms with Crippen LogP contribution >= 0.6 is 0 Å². The quantitative estimate of drug-likeness (QED) is 0.0898. The summed E-state index contributed by atoms with van der Waals surface area (Å²) in [5.41, 5.74) is 1.14. The fraction of sp³-hybridized carbons (Fsp3) is 0.533. The van der Waals surface area contributed by atoms with Gasteiger partial charge in [0.15, 0.2) is 18.2 Å². The van der Waals surface area contributed by atoms with Crippen molar-refractivity contribution in [1.29, 1.82) is 0 Å². The van der Waals surface area contributed by atoms with Crippen LogP contribution in [-0.2, 0) is 64.1 Å². The number of carbonyl (C=O) groups excluding carboxylic acids is 6. The molecule has 2 aromatic carbocycles. The van der Waals surface area contributed by atoms with Gasteiger partial charge in [-0.2, -0.15) is 0 Å². The molecule has 0 bridgehead atoms. The Hall–Kier alpha value is -5.45. The first kappa shape index (κ1) is 45.1. The highest BCUT2D eigenvalue weighted by Gasteiger charge is 2.51. The largest absolute Gasteiger partial charge is 0.456 e. The number of Topliss-reactive ketones (excluding diaryl/α,β-unsaturated/α-hetero) is 1. The molecule has 1 aromatic heterocycles. The van der Waals surface area contributed by atoms with Gasteiger partial charge in [-0.05, 0) is 56.6 Å². The Morgan fingerprint density at radius 1 is 0.951 bits per heavy atom. The molecule has 0 spiro atoms. The van der Waals surface area contributed by atoms with Crippen molar-refractivity contribution in [3.8, 4) is 0 Å². The third kappa shape index (κ3) is 12.8. The second-order valence-electron chi connectivity index (χ2n) is 17.0. The van der Waals surface area contributed by atoms with Gasteiger partial charge in [0.05, 0.1) is 31.3 Å². The van der Waals surface area contributed by atoms with Gasteiger partial charge in [-0.3, -0.25) is 33.7 Å². The van der Waals surface area contributed by atoms with Crippen molar-refractivity contribution < 1.29 is 42.8 Å². The Labute approximate surface area is 356 Å². The molecular formula is C45H59N7O9. The van der Waals surface area contributed by atoms with Crippen molar-refractivity contribution >= 4 is 35.4 Å². The van der Waals surface area contributed by atoms with Gasteiger partial charge in [-0.1, -0.05) is 79.7 Å². The highest BCUT2D eigenvalue weighted by Crippen LogP contribution is 2.30. The zero-order valence-corrected chi connectivity index (χ0v) is 35.5. The number of aryl methyl sites for hydroxylation is 1. The van der Waals surface area contributed by atoms with Gasteiger partial charge < -0.3 is 40.2 Å². The van der Waals surface area contributed by atoms with Gasteiger partial charge >= 0.3 is 5.97 Å². The van der Waals surface area contributed by atoms with Gasteiger partial charge in [-0.25, -0.2) is 0 Å². The number of nitrogens with zero attached hydrogens (tertiary/aromatic N) is 3. The maximum absolute atomic E-state index is 14.3. The second-order valence-corrected chi connectivity index (χ2v) is 17.0. The third-order valence-electron chi connectivity index (χ3n) is 11.4.